The summed E-state index contributed by atoms with van der Waals surface area (Å²) in [4.78, 5) is 63.6. The van der Waals surface area contributed by atoms with E-state index in [0.717, 1.165) is 10.5 Å². The van der Waals surface area contributed by atoms with Crippen LogP contribution in [0, 0.1) is 10.5 Å². The van der Waals surface area contributed by atoms with E-state index in [2.05, 4.69) is 15.4 Å². The van der Waals surface area contributed by atoms with Crippen LogP contribution in [0.25, 0.3) is 6.08 Å². The first-order valence-corrected chi connectivity index (χ1v) is 13.7. The maximum Gasteiger partial charge on any atom is 0.337 e. The van der Waals surface area contributed by atoms with E-state index in [0.29, 0.717) is 26.3 Å². The highest BCUT2D eigenvalue weighted by Crippen LogP contribution is 2.35. The Labute approximate surface area is 254 Å². The van der Waals surface area contributed by atoms with Gasteiger partial charge in [0.25, 0.3) is 17.7 Å². The lowest BCUT2D eigenvalue weighted by atomic mass is 10.1. The highest BCUT2D eigenvalue weighted by atomic mass is 127. The van der Waals surface area contributed by atoms with Crippen LogP contribution in [0.5, 0.6) is 11.5 Å². The van der Waals surface area contributed by atoms with Crippen molar-refractivity contribution in [2.45, 2.75) is 13.8 Å². The number of urea groups is 1. The van der Waals surface area contributed by atoms with Crippen LogP contribution in [0.15, 0.2) is 66.2 Å². The molecule has 1 aliphatic rings. The van der Waals surface area contributed by atoms with Crippen molar-refractivity contribution < 1.29 is 38.2 Å². The summed E-state index contributed by atoms with van der Waals surface area (Å²) in [5, 5.41) is 4.97. The number of halogens is 1. The van der Waals surface area contributed by atoms with E-state index in [1.54, 1.807) is 25.1 Å². The third-order valence-corrected chi connectivity index (χ3v) is 6.86. The Morgan fingerprint density at radius 3 is 2.40 bits per heavy atom. The number of nitrogens with zero attached hydrogens (tertiary/aromatic N) is 1. The summed E-state index contributed by atoms with van der Waals surface area (Å²) in [5.41, 5.74) is 2.10. The number of esters is 1. The van der Waals surface area contributed by atoms with Gasteiger partial charge in [-0.3, -0.25) is 19.7 Å². The van der Waals surface area contributed by atoms with Crippen LogP contribution in [0.2, 0.25) is 0 Å². The molecule has 1 heterocycles. The van der Waals surface area contributed by atoms with Crippen LogP contribution in [0.3, 0.4) is 0 Å². The fraction of sp³-hybridized carbons (Fsp3) is 0.167. The number of carbonyl (C=O) groups is 5. The fourth-order valence-corrected chi connectivity index (χ4v) is 4.82. The van der Waals surface area contributed by atoms with Gasteiger partial charge in [-0.15, -0.1) is 0 Å². The van der Waals surface area contributed by atoms with Gasteiger partial charge in [0.05, 0.1) is 28.5 Å². The fourth-order valence-electron chi connectivity index (χ4n) is 4.03. The first-order valence-electron chi connectivity index (χ1n) is 12.7. The molecule has 1 fully saturated rings. The van der Waals surface area contributed by atoms with Crippen LogP contribution in [0.1, 0.15) is 28.4 Å². The molecule has 2 N–H and O–H groups in total. The van der Waals surface area contributed by atoms with Gasteiger partial charge >= 0.3 is 12.0 Å². The molecule has 0 unspecified atom stereocenters. The number of aryl methyl sites for hydroxylation is 1. The molecule has 42 heavy (non-hydrogen) atoms. The third kappa shape index (κ3) is 6.77. The van der Waals surface area contributed by atoms with E-state index in [4.69, 9.17) is 9.47 Å². The lowest BCUT2D eigenvalue weighted by Gasteiger charge is -2.26. The summed E-state index contributed by atoms with van der Waals surface area (Å²) in [6.07, 6.45) is 1.33. The number of carbonyl (C=O) groups excluding carboxylic acids is 5. The first kappa shape index (κ1) is 30.2. The van der Waals surface area contributed by atoms with E-state index in [1.807, 2.05) is 47.7 Å². The van der Waals surface area contributed by atoms with Crippen molar-refractivity contribution in [2.24, 2.45) is 0 Å². The van der Waals surface area contributed by atoms with Crippen molar-refractivity contribution in [2.75, 3.05) is 30.5 Å². The maximum absolute atomic E-state index is 13.3. The zero-order valence-corrected chi connectivity index (χ0v) is 25.0. The van der Waals surface area contributed by atoms with Crippen molar-refractivity contribution in [1.82, 2.24) is 5.32 Å². The molecule has 0 atom stereocenters. The molecule has 3 aromatic carbocycles. The monoisotopic (exact) mass is 683 g/mol. The molecule has 0 saturated carbocycles. The Hall–Kier alpha value is -4.72. The third-order valence-electron chi connectivity index (χ3n) is 6.06. The summed E-state index contributed by atoms with van der Waals surface area (Å²) in [5.74, 6) is -2.03. The zero-order valence-electron chi connectivity index (χ0n) is 22.9. The van der Waals surface area contributed by atoms with Gasteiger partial charge in [0.15, 0.2) is 18.1 Å². The van der Waals surface area contributed by atoms with Gasteiger partial charge in [-0.2, -0.15) is 0 Å². The summed E-state index contributed by atoms with van der Waals surface area (Å²) < 4.78 is 16.8. The maximum atomic E-state index is 13.3. The average molecular weight is 683 g/mol. The van der Waals surface area contributed by atoms with Gasteiger partial charge in [0.2, 0.25) is 0 Å². The molecule has 216 valence electrons. The lowest BCUT2D eigenvalue weighted by molar-refractivity contribution is -0.122. The minimum absolute atomic E-state index is 0.154. The minimum atomic E-state index is -0.926. The largest absolute Gasteiger partial charge is 0.490 e. The summed E-state index contributed by atoms with van der Waals surface area (Å²) in [7, 11) is 1.24. The summed E-state index contributed by atoms with van der Waals surface area (Å²) >= 11 is 2.01. The molecule has 0 aromatic heterocycles. The highest BCUT2D eigenvalue weighted by molar-refractivity contribution is 14.1. The Bertz CT molecular complexity index is 1600. The highest BCUT2D eigenvalue weighted by Gasteiger charge is 2.37. The Kier molecular flexibility index (Phi) is 9.57. The van der Waals surface area contributed by atoms with Crippen LogP contribution >= 0.6 is 22.6 Å². The van der Waals surface area contributed by atoms with E-state index in [-0.39, 0.29) is 35.9 Å². The number of amides is 5. The zero-order chi connectivity index (χ0) is 30.4. The van der Waals surface area contributed by atoms with E-state index >= 15 is 0 Å². The van der Waals surface area contributed by atoms with Gasteiger partial charge in [0.1, 0.15) is 5.57 Å². The van der Waals surface area contributed by atoms with Crippen LogP contribution in [-0.2, 0) is 19.1 Å². The Morgan fingerprint density at radius 2 is 1.74 bits per heavy atom. The predicted octanol–water partition coefficient (Wildman–Crippen LogP) is 4.47. The molecule has 0 radical (unpaired) electrons. The molecule has 0 spiro atoms. The Morgan fingerprint density at radius 1 is 1.02 bits per heavy atom. The quantitative estimate of drug-likeness (QED) is 0.146. The number of imide groups is 2. The molecular weight excluding hydrogens is 657 g/mol. The molecule has 0 aliphatic carbocycles. The number of anilines is 2. The van der Waals surface area contributed by atoms with Gasteiger partial charge in [-0.1, -0.05) is 18.2 Å². The second-order valence-electron chi connectivity index (χ2n) is 8.91. The molecule has 12 heteroatoms. The molecule has 3 aromatic rings. The average Bonchev–Trinajstić information content (AvgIpc) is 2.96. The number of methoxy groups -OCH3 is 1. The first-order chi connectivity index (χ1) is 20.1. The van der Waals surface area contributed by atoms with Gasteiger partial charge < -0.3 is 19.5 Å². The predicted molar refractivity (Wildman–Crippen MR) is 162 cm³/mol. The Balaban J connectivity index is 1.58. The van der Waals surface area contributed by atoms with E-state index < -0.39 is 23.8 Å². The molecule has 1 saturated heterocycles. The van der Waals surface area contributed by atoms with Crippen molar-refractivity contribution in [1.29, 1.82) is 0 Å². The molecule has 5 amide bonds. The summed E-state index contributed by atoms with van der Waals surface area (Å²) in [6, 6.07) is 15.3. The van der Waals surface area contributed by atoms with Crippen LogP contribution < -0.4 is 25.0 Å². The number of hydrogen-bond donors (Lipinski definition) is 2. The van der Waals surface area contributed by atoms with Gasteiger partial charge in [-0.25, -0.2) is 14.5 Å². The molecule has 0 bridgehead atoms. The SMILES string of the molecule is CCOc1cc(/C=C2/C(=O)NC(=O)N(c3ccc(C(=O)OC)cc3)C2=O)cc(I)c1OCC(=O)Nc1ccccc1C. The minimum Gasteiger partial charge on any atom is -0.490 e. The number of para-hydroxylation sites is 1. The number of barbiturate groups is 1. The standard InChI is InChI=1S/C30H26IN3O8/c1-4-41-24-15-18(14-22(31)26(24)42-16-25(35)32-23-8-6-5-7-17(23)2)13-21-27(36)33-30(39)34(28(21)37)20-11-9-19(10-12-20)29(38)40-3/h5-15H,4,16H2,1-3H3,(H,32,35)(H,33,36,39)/b21-13-. The second kappa shape index (κ2) is 13.3. The second-order valence-corrected chi connectivity index (χ2v) is 10.1. The lowest BCUT2D eigenvalue weighted by Crippen LogP contribution is -2.54. The normalized spacial score (nSPS) is 14.0. The number of benzene rings is 3. The van der Waals surface area contributed by atoms with Crippen LogP contribution in [-0.4, -0.2) is 50.0 Å². The number of nitrogens with one attached hydrogen (secondary N) is 2. The molecule has 4 rings (SSSR count). The van der Waals surface area contributed by atoms with Crippen molar-refractivity contribution in [3.63, 3.8) is 0 Å². The topological polar surface area (TPSA) is 140 Å². The van der Waals surface area contributed by atoms with Crippen LogP contribution in [0.4, 0.5) is 16.2 Å². The van der Waals surface area contributed by atoms with Gasteiger partial charge in [0, 0.05) is 5.69 Å². The van der Waals surface area contributed by atoms with E-state index in [9.17, 15) is 24.0 Å². The van der Waals surface area contributed by atoms with Crippen molar-refractivity contribution in [3.05, 3.63) is 86.5 Å². The van der Waals surface area contributed by atoms with E-state index in [1.165, 1.54) is 37.5 Å². The number of hydrogen-bond acceptors (Lipinski definition) is 8. The van der Waals surface area contributed by atoms with Crippen molar-refractivity contribution in [3.8, 4) is 11.5 Å². The summed E-state index contributed by atoms with van der Waals surface area (Å²) in [6.45, 7) is 3.66. The molecule has 11 nitrogen and oxygen atoms in total. The number of ether oxygens (including phenoxy) is 3. The smallest absolute Gasteiger partial charge is 0.337 e. The molecule has 1 aliphatic heterocycles. The van der Waals surface area contributed by atoms with Gasteiger partial charge in [-0.05, 0) is 96.1 Å². The number of rotatable bonds is 9. The molecular formula is C30H26IN3O8. The van der Waals surface area contributed by atoms with Crippen molar-refractivity contribution >= 4 is 69.8 Å².